The van der Waals surface area contributed by atoms with Crippen LogP contribution in [0, 0.1) is 0 Å². The van der Waals surface area contributed by atoms with Gasteiger partial charge in [-0.3, -0.25) is 23.5 Å². The molecule has 0 fully saturated rings. The molecule has 0 amide bonds. The van der Waals surface area contributed by atoms with Gasteiger partial charge in [-0.25, -0.2) is 10.2 Å². The molecule has 0 aliphatic carbocycles. The fourth-order valence-electron chi connectivity index (χ4n) is 3.07. The van der Waals surface area contributed by atoms with Crippen LogP contribution in [0.3, 0.4) is 0 Å². The van der Waals surface area contributed by atoms with Crippen LogP contribution >= 0.6 is 11.6 Å². The first-order chi connectivity index (χ1) is 14.5. The number of hydrogen-bond acceptors (Lipinski definition) is 6. The molecule has 0 spiro atoms. The lowest BCUT2D eigenvalue weighted by atomic mass is 10.2. The van der Waals surface area contributed by atoms with Crippen molar-refractivity contribution in [2.45, 2.75) is 6.54 Å². The zero-order valence-corrected chi connectivity index (χ0v) is 17.0. The second-order valence-corrected chi connectivity index (χ2v) is 7.09. The van der Waals surface area contributed by atoms with E-state index in [9.17, 15) is 9.59 Å². The maximum absolute atomic E-state index is 12.9. The molecule has 0 bridgehead atoms. The SMILES string of the molecule is Cn1c(=O)c2c(nc(N/N=C/c3ccccn3)n2Cc2ccc(Cl)cc2)n(C)c1=O. The minimum atomic E-state index is -0.452. The fourth-order valence-corrected chi connectivity index (χ4v) is 3.19. The van der Waals surface area contributed by atoms with Crippen molar-refractivity contribution in [1.82, 2.24) is 23.7 Å². The van der Waals surface area contributed by atoms with Gasteiger partial charge in [0, 0.05) is 25.3 Å². The van der Waals surface area contributed by atoms with E-state index in [0.29, 0.717) is 28.7 Å². The maximum Gasteiger partial charge on any atom is 0.332 e. The van der Waals surface area contributed by atoms with Crippen molar-refractivity contribution < 1.29 is 0 Å². The Labute approximate surface area is 175 Å². The van der Waals surface area contributed by atoms with Crippen molar-refractivity contribution in [3.63, 3.8) is 0 Å². The number of hydrogen-bond donors (Lipinski definition) is 1. The Morgan fingerprint density at radius 2 is 1.87 bits per heavy atom. The molecule has 0 saturated heterocycles. The smallest absolute Gasteiger partial charge is 0.298 e. The number of nitrogens with one attached hydrogen (secondary N) is 1. The summed E-state index contributed by atoms with van der Waals surface area (Å²) >= 11 is 5.98. The van der Waals surface area contributed by atoms with E-state index in [1.165, 1.54) is 11.6 Å². The van der Waals surface area contributed by atoms with Gasteiger partial charge in [-0.05, 0) is 29.8 Å². The molecule has 0 radical (unpaired) electrons. The largest absolute Gasteiger partial charge is 0.332 e. The monoisotopic (exact) mass is 423 g/mol. The van der Waals surface area contributed by atoms with Crippen molar-refractivity contribution in [1.29, 1.82) is 0 Å². The highest BCUT2D eigenvalue weighted by Gasteiger charge is 2.19. The summed E-state index contributed by atoms with van der Waals surface area (Å²) in [5.41, 5.74) is 4.12. The number of aromatic nitrogens is 5. The number of imidazole rings is 1. The van der Waals surface area contributed by atoms with E-state index >= 15 is 0 Å². The van der Waals surface area contributed by atoms with Crippen molar-refractivity contribution in [2.24, 2.45) is 19.2 Å². The molecule has 0 aliphatic heterocycles. The van der Waals surface area contributed by atoms with Gasteiger partial charge in [-0.2, -0.15) is 10.1 Å². The maximum atomic E-state index is 12.9. The summed E-state index contributed by atoms with van der Waals surface area (Å²) in [7, 11) is 3.01. The molecule has 0 unspecified atom stereocenters. The van der Waals surface area contributed by atoms with Crippen LogP contribution in [0.2, 0.25) is 5.02 Å². The minimum Gasteiger partial charge on any atom is -0.298 e. The first kappa shape index (κ1) is 19.6. The molecule has 3 aromatic heterocycles. The summed E-state index contributed by atoms with van der Waals surface area (Å²) in [5, 5.41) is 4.81. The molecule has 0 saturated carbocycles. The lowest BCUT2D eigenvalue weighted by molar-refractivity contribution is 0.702. The van der Waals surface area contributed by atoms with Crippen molar-refractivity contribution in [3.05, 3.63) is 85.8 Å². The Hall–Kier alpha value is -3.72. The number of anilines is 1. The van der Waals surface area contributed by atoms with Gasteiger partial charge in [0.05, 0.1) is 18.5 Å². The standard InChI is InChI=1S/C20H18ClN7O2/c1-26-17-16(18(29)27(2)20(26)30)28(12-13-6-8-14(21)9-7-13)19(24-17)25-23-11-15-5-3-4-10-22-15/h3-11H,12H2,1-2H3,(H,24,25)/b23-11+. The van der Waals surface area contributed by atoms with Crippen molar-refractivity contribution >= 4 is 34.9 Å². The summed E-state index contributed by atoms with van der Waals surface area (Å²) in [6.45, 7) is 0.336. The minimum absolute atomic E-state index is 0.271. The van der Waals surface area contributed by atoms with Gasteiger partial charge in [0.25, 0.3) is 5.56 Å². The topological polar surface area (TPSA) is 99.1 Å². The van der Waals surface area contributed by atoms with Gasteiger partial charge in [-0.15, -0.1) is 0 Å². The molecule has 9 nitrogen and oxygen atoms in total. The number of rotatable bonds is 5. The van der Waals surface area contributed by atoms with Gasteiger partial charge in [0.15, 0.2) is 11.2 Å². The van der Waals surface area contributed by atoms with Gasteiger partial charge in [0.2, 0.25) is 5.95 Å². The van der Waals surface area contributed by atoms with Crippen LogP contribution in [0.4, 0.5) is 5.95 Å². The number of benzene rings is 1. The summed E-state index contributed by atoms with van der Waals surface area (Å²) in [5.74, 6) is 0.324. The summed E-state index contributed by atoms with van der Waals surface area (Å²) in [6, 6.07) is 12.7. The lowest BCUT2D eigenvalue weighted by Gasteiger charge is -2.09. The van der Waals surface area contributed by atoms with Gasteiger partial charge in [-0.1, -0.05) is 29.8 Å². The molecule has 4 rings (SSSR count). The normalized spacial score (nSPS) is 11.4. The Kier molecular flexibility index (Phi) is 5.20. The molecule has 0 aliphatic rings. The Morgan fingerprint density at radius 1 is 1.10 bits per heavy atom. The number of halogens is 1. The predicted molar refractivity (Wildman–Crippen MR) is 116 cm³/mol. The van der Waals surface area contributed by atoms with Crippen LogP contribution in [-0.2, 0) is 20.6 Å². The zero-order valence-electron chi connectivity index (χ0n) is 16.3. The number of hydrazone groups is 1. The zero-order chi connectivity index (χ0) is 21.3. The molecule has 3 heterocycles. The van der Waals surface area contributed by atoms with E-state index in [0.717, 1.165) is 10.1 Å². The van der Waals surface area contributed by atoms with Crippen LogP contribution in [-0.4, -0.2) is 29.9 Å². The highest BCUT2D eigenvalue weighted by molar-refractivity contribution is 6.30. The van der Waals surface area contributed by atoms with Gasteiger partial charge in [0.1, 0.15) is 0 Å². The van der Waals surface area contributed by atoms with Crippen LogP contribution in [0.25, 0.3) is 11.2 Å². The summed E-state index contributed by atoms with van der Waals surface area (Å²) in [4.78, 5) is 33.8. The van der Waals surface area contributed by atoms with Crippen LogP contribution in [0.5, 0.6) is 0 Å². The number of aryl methyl sites for hydroxylation is 1. The molecule has 1 N–H and O–H groups in total. The second-order valence-electron chi connectivity index (χ2n) is 6.65. The Bertz CT molecular complexity index is 1350. The molecule has 10 heteroatoms. The van der Waals surface area contributed by atoms with E-state index in [2.05, 4.69) is 20.5 Å². The summed E-state index contributed by atoms with van der Waals surface area (Å²) in [6.07, 6.45) is 3.21. The fraction of sp³-hybridized carbons (Fsp3) is 0.150. The average molecular weight is 424 g/mol. The third-order valence-corrected chi connectivity index (χ3v) is 4.90. The molecule has 4 aromatic rings. The highest BCUT2D eigenvalue weighted by Crippen LogP contribution is 2.19. The Morgan fingerprint density at radius 3 is 2.57 bits per heavy atom. The third-order valence-electron chi connectivity index (χ3n) is 4.65. The molecule has 152 valence electrons. The van der Waals surface area contributed by atoms with E-state index in [1.54, 1.807) is 42.2 Å². The van der Waals surface area contributed by atoms with Gasteiger partial charge >= 0.3 is 5.69 Å². The number of fused-ring (bicyclic) bond motifs is 1. The third kappa shape index (κ3) is 3.62. The molecular weight excluding hydrogens is 406 g/mol. The molecular formula is C20H18ClN7O2. The first-order valence-electron chi connectivity index (χ1n) is 9.06. The second kappa shape index (κ2) is 7.96. The van der Waals surface area contributed by atoms with Gasteiger partial charge < -0.3 is 0 Å². The molecule has 30 heavy (non-hydrogen) atoms. The molecule has 0 atom stereocenters. The predicted octanol–water partition coefficient (Wildman–Crippen LogP) is 1.98. The lowest BCUT2D eigenvalue weighted by Crippen LogP contribution is -2.37. The molecule has 1 aromatic carbocycles. The number of nitrogens with zero attached hydrogens (tertiary/aromatic N) is 6. The van der Waals surface area contributed by atoms with E-state index < -0.39 is 11.2 Å². The van der Waals surface area contributed by atoms with Crippen LogP contribution in [0.1, 0.15) is 11.3 Å². The van der Waals surface area contributed by atoms with Crippen LogP contribution < -0.4 is 16.7 Å². The van der Waals surface area contributed by atoms with E-state index in [1.807, 2.05) is 24.3 Å². The quantitative estimate of drug-likeness (QED) is 0.391. The van der Waals surface area contributed by atoms with Crippen molar-refractivity contribution in [2.75, 3.05) is 5.43 Å². The van der Waals surface area contributed by atoms with Crippen molar-refractivity contribution in [3.8, 4) is 0 Å². The Balaban J connectivity index is 1.83. The number of pyridine rings is 1. The average Bonchev–Trinajstić information content (AvgIpc) is 3.11. The van der Waals surface area contributed by atoms with E-state index in [-0.39, 0.29) is 5.65 Å². The summed E-state index contributed by atoms with van der Waals surface area (Å²) < 4.78 is 4.09. The highest BCUT2D eigenvalue weighted by atomic mass is 35.5. The van der Waals surface area contributed by atoms with Crippen LogP contribution in [0.15, 0.2) is 63.4 Å². The first-order valence-corrected chi connectivity index (χ1v) is 9.44. The van der Waals surface area contributed by atoms with E-state index in [4.69, 9.17) is 11.6 Å².